The third kappa shape index (κ3) is 36.5. The molecule has 0 aliphatic heterocycles. The Labute approximate surface area is 305 Å². The summed E-state index contributed by atoms with van der Waals surface area (Å²) in [5.74, 6) is -0.00699. The number of unbranched alkanes of at least 4 members (excludes halogenated alkanes) is 23. The zero-order chi connectivity index (χ0) is 35.9. The molecule has 0 saturated heterocycles. The summed E-state index contributed by atoms with van der Waals surface area (Å²) in [5, 5.41) is 9.53. The smallest absolute Gasteiger partial charge is 0.306 e. The molecule has 6 heteroatoms. The highest BCUT2D eigenvalue weighted by atomic mass is 16.5. The van der Waals surface area contributed by atoms with Crippen LogP contribution in [0, 0.1) is 0 Å². The van der Waals surface area contributed by atoms with E-state index in [1.807, 2.05) is 0 Å². The largest absolute Gasteiger partial charge is 0.466 e. The van der Waals surface area contributed by atoms with E-state index in [0.29, 0.717) is 19.4 Å². The molecule has 0 aromatic heterocycles. The molecule has 0 heterocycles. The third-order valence-electron chi connectivity index (χ3n) is 9.95. The first-order chi connectivity index (χ1) is 24.1. The number of ether oxygens (including phenoxy) is 2. The van der Waals surface area contributed by atoms with Gasteiger partial charge in [0.2, 0.25) is 0 Å². The molecule has 0 aromatic carbocycles. The van der Waals surface area contributed by atoms with Crippen LogP contribution in [0.25, 0.3) is 0 Å². The summed E-state index contributed by atoms with van der Waals surface area (Å²) in [6.45, 7) is 10.4. The summed E-state index contributed by atoms with van der Waals surface area (Å²) in [5.41, 5.74) is 0. The zero-order valence-electron chi connectivity index (χ0n) is 33.3. The van der Waals surface area contributed by atoms with E-state index in [-0.39, 0.29) is 24.6 Å². The molecule has 1 N–H and O–H groups in total. The Morgan fingerprint density at radius 2 is 0.857 bits per heavy atom. The Bertz CT molecular complexity index is 687. The van der Waals surface area contributed by atoms with Gasteiger partial charge in [-0.1, -0.05) is 156 Å². The van der Waals surface area contributed by atoms with E-state index in [0.717, 1.165) is 77.4 Å². The molecule has 0 radical (unpaired) electrons. The Hall–Kier alpha value is -1.14. The van der Waals surface area contributed by atoms with Crippen LogP contribution in [0.3, 0.4) is 0 Å². The van der Waals surface area contributed by atoms with Gasteiger partial charge in [0.1, 0.15) is 6.10 Å². The molecule has 6 nitrogen and oxygen atoms in total. The maximum Gasteiger partial charge on any atom is 0.306 e. The molecule has 1 unspecified atom stereocenters. The molecule has 49 heavy (non-hydrogen) atoms. The van der Waals surface area contributed by atoms with E-state index in [1.165, 1.54) is 135 Å². The summed E-state index contributed by atoms with van der Waals surface area (Å²) >= 11 is 0. The Morgan fingerprint density at radius 1 is 0.469 bits per heavy atom. The second kappa shape index (κ2) is 39.6. The number of aliphatic hydroxyl groups is 1. The molecule has 0 bridgehead atoms. The minimum Gasteiger partial charge on any atom is -0.466 e. The lowest BCUT2D eigenvalue weighted by Crippen LogP contribution is -2.29. The number of carbonyl (C=O) groups excluding carboxylic acids is 2. The topological polar surface area (TPSA) is 76.1 Å². The summed E-state index contributed by atoms with van der Waals surface area (Å²) in [7, 11) is 0. The Kier molecular flexibility index (Phi) is 38.7. The van der Waals surface area contributed by atoms with Crippen LogP contribution in [0.1, 0.15) is 226 Å². The van der Waals surface area contributed by atoms with E-state index in [4.69, 9.17) is 9.47 Å². The SMILES string of the molecule is CCCCCCCCC(CCCCCCC)OC(=O)CCCCCCCN(CCO)CCCCCCCCCC(=O)OCCCCCCC. The molecule has 0 aliphatic rings. The van der Waals surface area contributed by atoms with Crippen molar-refractivity contribution in [2.24, 2.45) is 0 Å². The average Bonchev–Trinajstić information content (AvgIpc) is 3.09. The van der Waals surface area contributed by atoms with Crippen molar-refractivity contribution in [1.29, 1.82) is 0 Å². The van der Waals surface area contributed by atoms with E-state index < -0.39 is 0 Å². The van der Waals surface area contributed by atoms with E-state index in [2.05, 4.69) is 25.7 Å². The fourth-order valence-electron chi connectivity index (χ4n) is 6.70. The third-order valence-corrected chi connectivity index (χ3v) is 9.95. The summed E-state index contributed by atoms with van der Waals surface area (Å²) in [6, 6.07) is 0. The van der Waals surface area contributed by atoms with Gasteiger partial charge in [0.05, 0.1) is 13.2 Å². The molecule has 292 valence electrons. The highest BCUT2D eigenvalue weighted by molar-refractivity contribution is 5.69. The van der Waals surface area contributed by atoms with Gasteiger partial charge < -0.3 is 19.5 Å². The van der Waals surface area contributed by atoms with Gasteiger partial charge in [0.15, 0.2) is 0 Å². The summed E-state index contributed by atoms with van der Waals surface area (Å²) in [6.07, 6.45) is 37.0. The van der Waals surface area contributed by atoms with E-state index >= 15 is 0 Å². The van der Waals surface area contributed by atoms with Crippen LogP contribution in [0.5, 0.6) is 0 Å². The Balaban J connectivity index is 3.89. The normalized spacial score (nSPS) is 12.1. The summed E-state index contributed by atoms with van der Waals surface area (Å²) < 4.78 is 11.4. The fourth-order valence-corrected chi connectivity index (χ4v) is 6.70. The van der Waals surface area contributed by atoms with Crippen molar-refractivity contribution in [1.82, 2.24) is 4.90 Å². The first-order valence-electron chi connectivity index (χ1n) is 21.8. The van der Waals surface area contributed by atoms with Crippen LogP contribution < -0.4 is 0 Å². The van der Waals surface area contributed by atoms with Gasteiger partial charge in [0, 0.05) is 19.4 Å². The van der Waals surface area contributed by atoms with Gasteiger partial charge in [-0.25, -0.2) is 0 Å². The van der Waals surface area contributed by atoms with Crippen LogP contribution in [-0.4, -0.2) is 60.9 Å². The molecule has 0 saturated carbocycles. The molecular weight excluding hydrogens is 610 g/mol. The molecule has 0 spiro atoms. The van der Waals surface area contributed by atoms with Crippen molar-refractivity contribution in [2.75, 3.05) is 32.8 Å². The van der Waals surface area contributed by atoms with Crippen LogP contribution in [0.15, 0.2) is 0 Å². The second-order valence-corrected chi connectivity index (χ2v) is 14.8. The molecule has 0 rings (SSSR count). The van der Waals surface area contributed by atoms with Gasteiger partial charge in [-0.05, 0) is 70.9 Å². The van der Waals surface area contributed by atoms with Crippen LogP contribution in [-0.2, 0) is 19.1 Å². The van der Waals surface area contributed by atoms with Crippen molar-refractivity contribution < 1.29 is 24.2 Å². The first kappa shape index (κ1) is 47.9. The number of rotatable bonds is 40. The average molecular weight is 696 g/mol. The maximum absolute atomic E-state index is 12.6. The van der Waals surface area contributed by atoms with Gasteiger partial charge in [-0.2, -0.15) is 0 Å². The summed E-state index contributed by atoms with van der Waals surface area (Å²) in [4.78, 5) is 26.9. The second-order valence-electron chi connectivity index (χ2n) is 14.8. The predicted octanol–water partition coefficient (Wildman–Crippen LogP) is 12.3. The number of hydrogen-bond donors (Lipinski definition) is 1. The van der Waals surface area contributed by atoms with Crippen molar-refractivity contribution >= 4 is 11.9 Å². The zero-order valence-corrected chi connectivity index (χ0v) is 33.3. The minimum atomic E-state index is -0.0229. The molecule has 1 atom stereocenters. The monoisotopic (exact) mass is 696 g/mol. The predicted molar refractivity (Wildman–Crippen MR) is 209 cm³/mol. The van der Waals surface area contributed by atoms with Crippen molar-refractivity contribution in [3.63, 3.8) is 0 Å². The number of esters is 2. The molecule has 0 fully saturated rings. The number of hydrogen-bond acceptors (Lipinski definition) is 6. The lowest BCUT2D eigenvalue weighted by molar-refractivity contribution is -0.150. The van der Waals surface area contributed by atoms with Gasteiger partial charge >= 0.3 is 11.9 Å². The van der Waals surface area contributed by atoms with Crippen molar-refractivity contribution in [3.8, 4) is 0 Å². The maximum atomic E-state index is 12.6. The lowest BCUT2D eigenvalue weighted by atomic mass is 10.0. The van der Waals surface area contributed by atoms with Crippen LogP contribution in [0.4, 0.5) is 0 Å². The van der Waals surface area contributed by atoms with E-state index in [1.54, 1.807) is 0 Å². The highest BCUT2D eigenvalue weighted by Gasteiger charge is 2.14. The van der Waals surface area contributed by atoms with Crippen molar-refractivity contribution in [2.45, 2.75) is 232 Å². The van der Waals surface area contributed by atoms with Crippen LogP contribution in [0.2, 0.25) is 0 Å². The molecular formula is C43H85NO5. The van der Waals surface area contributed by atoms with Crippen molar-refractivity contribution in [3.05, 3.63) is 0 Å². The number of nitrogens with zero attached hydrogens (tertiary/aromatic N) is 1. The quantitative estimate of drug-likeness (QED) is 0.0508. The lowest BCUT2D eigenvalue weighted by Gasteiger charge is -2.21. The first-order valence-corrected chi connectivity index (χ1v) is 21.8. The molecule has 0 amide bonds. The minimum absolute atomic E-state index is 0.0159. The Morgan fingerprint density at radius 3 is 1.33 bits per heavy atom. The van der Waals surface area contributed by atoms with Gasteiger partial charge in [0.25, 0.3) is 0 Å². The fraction of sp³-hybridized carbons (Fsp3) is 0.953. The van der Waals surface area contributed by atoms with Gasteiger partial charge in [-0.15, -0.1) is 0 Å². The standard InChI is InChI=1S/C43H85NO5/c1-4-7-10-13-19-26-33-41(32-25-18-11-8-5-2)49-43(47)35-28-21-17-23-30-37-44(38-39-45)36-29-22-16-14-15-20-27-34-42(46)48-40-31-24-12-9-6-3/h41,45H,4-40H2,1-3H3. The molecule has 0 aliphatic carbocycles. The van der Waals surface area contributed by atoms with Crippen LogP contribution >= 0.6 is 0 Å². The van der Waals surface area contributed by atoms with Gasteiger partial charge in [-0.3, -0.25) is 9.59 Å². The number of aliphatic hydroxyl groups excluding tert-OH is 1. The number of carbonyl (C=O) groups is 2. The molecule has 0 aromatic rings. The highest BCUT2D eigenvalue weighted by Crippen LogP contribution is 2.18. The van der Waals surface area contributed by atoms with E-state index in [9.17, 15) is 14.7 Å².